The first-order chi connectivity index (χ1) is 6.68. The van der Waals surface area contributed by atoms with Crippen LogP contribution in [0, 0.1) is 0 Å². The maximum atomic E-state index is 11.0. The van der Waals surface area contributed by atoms with Crippen LogP contribution in [0.4, 0.5) is 0 Å². The smallest absolute Gasteiger partial charge is 0.231 e. The van der Waals surface area contributed by atoms with Crippen molar-refractivity contribution in [3.8, 4) is 0 Å². The van der Waals surface area contributed by atoms with E-state index in [4.69, 9.17) is 9.62 Å². The Labute approximate surface area is 80.6 Å². The molecule has 2 aliphatic heterocycles. The van der Waals surface area contributed by atoms with Crippen LogP contribution >= 0.6 is 0 Å². The predicted molar refractivity (Wildman–Crippen MR) is 42.5 cm³/mol. The van der Waals surface area contributed by atoms with Crippen molar-refractivity contribution in [2.75, 3.05) is 6.79 Å². The summed E-state index contributed by atoms with van der Waals surface area (Å²) in [5, 5.41) is 0. The second kappa shape index (κ2) is 3.64. The number of ether oxygens (including phenoxy) is 1. The fraction of sp³-hybridized carbons (Fsp3) is 0.750. The Balaban J connectivity index is 1.86. The largest absolute Gasteiger partial charge is 0.320 e. The molecule has 0 N–H and O–H groups in total. The Hall–Kier alpha value is -0.980. The second-order valence-electron chi connectivity index (χ2n) is 3.30. The van der Waals surface area contributed by atoms with Crippen LogP contribution < -0.4 is 0 Å². The Morgan fingerprint density at radius 1 is 1.64 bits per heavy atom. The molecule has 2 rings (SSSR count). The van der Waals surface area contributed by atoms with Gasteiger partial charge in [-0.3, -0.25) is 14.5 Å². The molecule has 6 heteroatoms. The summed E-state index contributed by atoms with van der Waals surface area (Å²) in [7, 11) is 0. The molecule has 2 aliphatic rings. The second-order valence-corrected chi connectivity index (χ2v) is 3.30. The SMILES string of the molecule is CC(=O)N1C(=O)C[C@H]1C[C@H]1OCOO1. The van der Waals surface area contributed by atoms with Gasteiger partial charge in [0.15, 0.2) is 13.1 Å². The summed E-state index contributed by atoms with van der Waals surface area (Å²) in [6, 6.07) is -0.105. The lowest BCUT2D eigenvalue weighted by molar-refractivity contribution is -0.280. The molecule has 2 heterocycles. The molecule has 0 aromatic rings. The molecule has 14 heavy (non-hydrogen) atoms. The lowest BCUT2D eigenvalue weighted by Crippen LogP contribution is -2.55. The molecule has 0 unspecified atom stereocenters. The van der Waals surface area contributed by atoms with Gasteiger partial charge >= 0.3 is 0 Å². The van der Waals surface area contributed by atoms with Gasteiger partial charge in [0.2, 0.25) is 11.8 Å². The number of imide groups is 1. The Kier molecular flexibility index (Phi) is 2.49. The average molecular weight is 201 g/mol. The van der Waals surface area contributed by atoms with Crippen LogP contribution in [0.1, 0.15) is 19.8 Å². The first kappa shape index (κ1) is 9.57. The van der Waals surface area contributed by atoms with E-state index in [0.717, 1.165) is 0 Å². The molecular formula is C8H11NO5. The van der Waals surface area contributed by atoms with Gasteiger partial charge in [-0.2, -0.15) is 0 Å². The summed E-state index contributed by atoms with van der Waals surface area (Å²) >= 11 is 0. The third-order valence-electron chi connectivity index (χ3n) is 2.33. The monoisotopic (exact) mass is 201 g/mol. The van der Waals surface area contributed by atoms with Crippen molar-refractivity contribution < 1.29 is 24.1 Å². The number of β-lactam (4-membered cyclic amide) rings is 1. The van der Waals surface area contributed by atoms with E-state index in [2.05, 4.69) is 4.89 Å². The maximum Gasteiger partial charge on any atom is 0.231 e. The minimum Gasteiger partial charge on any atom is -0.320 e. The highest BCUT2D eigenvalue weighted by Crippen LogP contribution is 2.26. The van der Waals surface area contributed by atoms with Gasteiger partial charge in [0.05, 0.1) is 6.04 Å². The number of hydrogen-bond donors (Lipinski definition) is 0. The van der Waals surface area contributed by atoms with Crippen LogP contribution in [0.2, 0.25) is 0 Å². The van der Waals surface area contributed by atoms with Gasteiger partial charge in [-0.25, -0.2) is 9.78 Å². The van der Waals surface area contributed by atoms with E-state index >= 15 is 0 Å². The fourth-order valence-corrected chi connectivity index (χ4v) is 1.67. The molecule has 0 saturated carbocycles. The van der Waals surface area contributed by atoms with E-state index in [1.165, 1.54) is 11.8 Å². The zero-order valence-electron chi connectivity index (χ0n) is 7.76. The van der Waals surface area contributed by atoms with Crippen LogP contribution in [0.5, 0.6) is 0 Å². The Bertz CT molecular complexity index is 252. The zero-order chi connectivity index (χ0) is 10.1. The van der Waals surface area contributed by atoms with Crippen LogP contribution in [-0.4, -0.2) is 35.8 Å². The fourth-order valence-electron chi connectivity index (χ4n) is 1.67. The third-order valence-corrected chi connectivity index (χ3v) is 2.33. The molecular weight excluding hydrogens is 190 g/mol. The van der Waals surface area contributed by atoms with Crippen molar-refractivity contribution in [2.24, 2.45) is 0 Å². The molecule has 0 aromatic carbocycles. The summed E-state index contributed by atoms with van der Waals surface area (Å²) in [6.07, 6.45) is 0.392. The summed E-state index contributed by atoms with van der Waals surface area (Å²) in [4.78, 5) is 32.6. The van der Waals surface area contributed by atoms with Gasteiger partial charge in [0.25, 0.3) is 0 Å². The van der Waals surface area contributed by atoms with E-state index in [0.29, 0.717) is 12.8 Å². The highest BCUT2D eigenvalue weighted by molar-refractivity contribution is 5.99. The molecule has 2 amide bonds. The highest BCUT2D eigenvalue weighted by atomic mass is 17.3. The summed E-state index contributed by atoms with van der Waals surface area (Å²) in [5.41, 5.74) is 0. The number of carbonyl (C=O) groups excluding carboxylic acids is 2. The first-order valence-corrected chi connectivity index (χ1v) is 4.41. The van der Waals surface area contributed by atoms with Crippen molar-refractivity contribution >= 4 is 11.8 Å². The minimum absolute atomic E-state index is 0.103. The average Bonchev–Trinajstić information content (AvgIpc) is 2.54. The molecule has 2 atom stereocenters. The van der Waals surface area contributed by atoms with E-state index in [9.17, 15) is 9.59 Å². The number of carbonyl (C=O) groups is 2. The van der Waals surface area contributed by atoms with Crippen molar-refractivity contribution in [2.45, 2.75) is 32.1 Å². The van der Waals surface area contributed by atoms with Crippen molar-refractivity contribution in [1.82, 2.24) is 4.90 Å². The summed E-state index contributed by atoms with van der Waals surface area (Å²) in [5.74, 6) is -0.369. The number of nitrogens with zero attached hydrogens (tertiary/aromatic N) is 1. The molecule has 0 spiro atoms. The topological polar surface area (TPSA) is 65.1 Å². The van der Waals surface area contributed by atoms with Crippen LogP contribution in [0.15, 0.2) is 0 Å². The molecule has 2 saturated heterocycles. The van der Waals surface area contributed by atoms with E-state index < -0.39 is 6.29 Å². The van der Waals surface area contributed by atoms with Gasteiger partial charge in [-0.15, -0.1) is 0 Å². The third kappa shape index (κ3) is 1.63. The number of amides is 2. The molecule has 0 radical (unpaired) electrons. The highest BCUT2D eigenvalue weighted by Gasteiger charge is 2.41. The molecule has 0 bridgehead atoms. The van der Waals surface area contributed by atoms with E-state index in [-0.39, 0.29) is 24.6 Å². The van der Waals surface area contributed by atoms with Crippen LogP contribution in [0.25, 0.3) is 0 Å². The van der Waals surface area contributed by atoms with Crippen molar-refractivity contribution in [1.29, 1.82) is 0 Å². The van der Waals surface area contributed by atoms with Crippen LogP contribution in [0.3, 0.4) is 0 Å². The van der Waals surface area contributed by atoms with Crippen molar-refractivity contribution in [3.05, 3.63) is 0 Å². The molecule has 0 aromatic heterocycles. The predicted octanol–water partition coefficient (Wildman–Crippen LogP) is -0.214. The minimum atomic E-state index is -0.463. The standard InChI is InChI=1S/C8H11NO5/c1-5(10)9-6(2-7(9)11)3-8-12-4-13-14-8/h6,8H,2-4H2,1H3/t6-,8-/m0/s1. The summed E-state index contributed by atoms with van der Waals surface area (Å²) < 4.78 is 5.03. The molecule has 78 valence electrons. The molecule has 0 aliphatic carbocycles. The van der Waals surface area contributed by atoms with Gasteiger partial charge in [0.1, 0.15) is 0 Å². The number of hydrogen-bond acceptors (Lipinski definition) is 5. The quantitative estimate of drug-likeness (QED) is 0.456. The molecule has 2 fully saturated rings. The van der Waals surface area contributed by atoms with Gasteiger partial charge in [-0.05, 0) is 0 Å². The van der Waals surface area contributed by atoms with E-state index in [1.54, 1.807) is 0 Å². The van der Waals surface area contributed by atoms with Crippen molar-refractivity contribution in [3.63, 3.8) is 0 Å². The first-order valence-electron chi connectivity index (χ1n) is 4.41. The van der Waals surface area contributed by atoms with E-state index in [1.807, 2.05) is 0 Å². The Morgan fingerprint density at radius 3 is 2.93 bits per heavy atom. The summed E-state index contributed by atoms with van der Waals surface area (Å²) in [6.45, 7) is 1.47. The number of rotatable bonds is 2. The molecule has 6 nitrogen and oxygen atoms in total. The number of likely N-dealkylation sites (tertiary alicyclic amines) is 1. The maximum absolute atomic E-state index is 11.0. The van der Waals surface area contributed by atoms with Crippen LogP contribution in [-0.2, 0) is 24.1 Å². The van der Waals surface area contributed by atoms with Gasteiger partial charge < -0.3 is 4.74 Å². The van der Waals surface area contributed by atoms with Gasteiger partial charge in [-0.1, -0.05) is 0 Å². The lowest BCUT2D eigenvalue weighted by Gasteiger charge is -2.38. The normalized spacial score (nSPS) is 31.8. The lowest BCUT2D eigenvalue weighted by atomic mass is 9.98. The Morgan fingerprint density at radius 2 is 2.43 bits per heavy atom. The zero-order valence-corrected chi connectivity index (χ0v) is 7.76. The van der Waals surface area contributed by atoms with Gasteiger partial charge in [0, 0.05) is 19.8 Å².